The molecule has 0 fully saturated rings. The molecule has 1 aliphatic heterocycles. The third-order valence-corrected chi connectivity index (χ3v) is 4.90. The molecule has 0 saturated carbocycles. The number of Topliss-reactive ketones (excluding diaryl/α,β-unsaturated/α-hetero) is 1. The molecule has 0 aromatic heterocycles. The predicted molar refractivity (Wildman–Crippen MR) is 67.9 cm³/mol. The molecule has 1 aromatic rings. The first-order valence-electron chi connectivity index (χ1n) is 5.87. The summed E-state index contributed by atoms with van der Waals surface area (Å²) in [5.41, 5.74) is 1.41. The number of carbonyl (C=O) groups is 2. The third-order valence-electron chi connectivity index (χ3n) is 3.15. The van der Waals surface area contributed by atoms with Crippen molar-refractivity contribution in [3.63, 3.8) is 0 Å². The highest BCUT2D eigenvalue weighted by molar-refractivity contribution is 7.92. The van der Waals surface area contributed by atoms with Gasteiger partial charge in [0.1, 0.15) is 5.75 Å². The Bertz CT molecular complexity index is 658. The van der Waals surface area contributed by atoms with Gasteiger partial charge in [0.25, 0.3) is 0 Å². The van der Waals surface area contributed by atoms with Crippen molar-refractivity contribution < 1.29 is 22.7 Å². The maximum Gasteiger partial charge on any atom is 0.338 e. The van der Waals surface area contributed by atoms with Crippen molar-refractivity contribution in [1.29, 1.82) is 0 Å². The van der Waals surface area contributed by atoms with Gasteiger partial charge in [-0.1, -0.05) is 13.0 Å². The van der Waals surface area contributed by atoms with Gasteiger partial charge in [-0.3, -0.25) is 4.79 Å². The average molecular weight is 282 g/mol. The van der Waals surface area contributed by atoms with Crippen molar-refractivity contribution in [1.82, 2.24) is 0 Å². The van der Waals surface area contributed by atoms with Crippen LogP contribution in [0.15, 0.2) is 17.0 Å². The summed E-state index contributed by atoms with van der Waals surface area (Å²) in [4.78, 5) is 23.2. The van der Waals surface area contributed by atoms with Crippen LogP contribution in [-0.4, -0.2) is 33.0 Å². The van der Waals surface area contributed by atoms with Crippen LogP contribution in [0.3, 0.4) is 0 Å². The Labute approximate surface area is 111 Å². The Balaban J connectivity index is 2.70. The van der Waals surface area contributed by atoms with E-state index in [1.807, 2.05) is 6.92 Å². The number of sulfone groups is 1. The van der Waals surface area contributed by atoms with E-state index in [2.05, 4.69) is 4.74 Å². The highest BCUT2D eigenvalue weighted by Crippen LogP contribution is 2.27. The van der Waals surface area contributed by atoms with E-state index < -0.39 is 21.6 Å². The van der Waals surface area contributed by atoms with Crippen LogP contribution >= 0.6 is 0 Å². The van der Waals surface area contributed by atoms with Crippen LogP contribution in [0.5, 0.6) is 0 Å². The SMILES string of the molecule is CCc1cc2c(cc1C(=O)OC)S(=O)(=O)CC(=O)C2. The molecular formula is C13H14O5S. The molecule has 0 radical (unpaired) electrons. The van der Waals surface area contributed by atoms with Gasteiger partial charge < -0.3 is 4.74 Å². The minimum Gasteiger partial charge on any atom is -0.465 e. The van der Waals surface area contributed by atoms with Crippen molar-refractivity contribution in [2.24, 2.45) is 0 Å². The Morgan fingerprint density at radius 2 is 2.05 bits per heavy atom. The number of fused-ring (bicyclic) bond motifs is 1. The lowest BCUT2D eigenvalue weighted by Gasteiger charge is -2.18. The van der Waals surface area contributed by atoms with Gasteiger partial charge in [-0.25, -0.2) is 13.2 Å². The lowest BCUT2D eigenvalue weighted by atomic mass is 9.99. The molecule has 1 heterocycles. The number of hydrogen-bond acceptors (Lipinski definition) is 5. The molecule has 0 saturated heterocycles. The first kappa shape index (κ1) is 13.7. The normalized spacial score (nSPS) is 16.8. The number of ether oxygens (including phenoxy) is 1. The van der Waals surface area contributed by atoms with Gasteiger partial charge >= 0.3 is 5.97 Å². The summed E-state index contributed by atoms with van der Waals surface area (Å²) in [5.74, 6) is -1.38. The van der Waals surface area contributed by atoms with Gasteiger partial charge in [-0.15, -0.1) is 0 Å². The van der Waals surface area contributed by atoms with Gasteiger partial charge in [0.05, 0.1) is 17.6 Å². The summed E-state index contributed by atoms with van der Waals surface area (Å²) in [7, 11) is -2.39. The highest BCUT2D eigenvalue weighted by Gasteiger charge is 2.30. The van der Waals surface area contributed by atoms with Crippen LogP contribution in [-0.2, 0) is 32.2 Å². The summed E-state index contributed by atoms with van der Waals surface area (Å²) in [6, 6.07) is 2.96. The van der Waals surface area contributed by atoms with E-state index in [0.29, 0.717) is 17.5 Å². The molecule has 0 aliphatic carbocycles. The maximum atomic E-state index is 12.0. The second kappa shape index (κ2) is 4.77. The van der Waals surface area contributed by atoms with Gasteiger partial charge in [0, 0.05) is 6.42 Å². The molecule has 6 heteroatoms. The van der Waals surface area contributed by atoms with Crippen LogP contribution in [0.4, 0.5) is 0 Å². The van der Waals surface area contributed by atoms with E-state index in [0.717, 1.165) is 0 Å². The largest absolute Gasteiger partial charge is 0.465 e. The van der Waals surface area contributed by atoms with Gasteiger partial charge in [-0.05, 0) is 23.6 Å². The van der Waals surface area contributed by atoms with E-state index in [9.17, 15) is 18.0 Å². The van der Waals surface area contributed by atoms with E-state index in [4.69, 9.17) is 0 Å². The molecule has 0 bridgehead atoms. The second-order valence-electron chi connectivity index (χ2n) is 4.44. The molecule has 0 N–H and O–H groups in total. The number of aryl methyl sites for hydroxylation is 1. The van der Waals surface area contributed by atoms with E-state index in [-0.39, 0.29) is 22.7 Å². The van der Waals surface area contributed by atoms with Crippen molar-refractivity contribution in [2.75, 3.05) is 12.9 Å². The topological polar surface area (TPSA) is 77.5 Å². The first-order valence-corrected chi connectivity index (χ1v) is 7.53. The average Bonchev–Trinajstić information content (AvgIpc) is 2.35. The van der Waals surface area contributed by atoms with Gasteiger partial charge in [-0.2, -0.15) is 0 Å². The van der Waals surface area contributed by atoms with E-state index in [1.165, 1.54) is 13.2 Å². The minimum absolute atomic E-state index is 0.0738. The Morgan fingerprint density at radius 1 is 1.37 bits per heavy atom. The molecule has 2 rings (SSSR count). The Kier molecular flexibility index (Phi) is 3.45. The number of ketones is 1. The fourth-order valence-corrected chi connectivity index (χ4v) is 3.76. The molecular weight excluding hydrogens is 268 g/mol. The van der Waals surface area contributed by atoms with Crippen LogP contribution < -0.4 is 0 Å². The lowest BCUT2D eigenvalue weighted by molar-refractivity contribution is -0.116. The summed E-state index contributed by atoms with van der Waals surface area (Å²) in [6.07, 6.45) is 0.662. The number of carbonyl (C=O) groups excluding carboxylic acids is 2. The fraction of sp³-hybridized carbons (Fsp3) is 0.385. The monoisotopic (exact) mass is 282 g/mol. The minimum atomic E-state index is -3.64. The van der Waals surface area contributed by atoms with Crippen molar-refractivity contribution in [3.05, 3.63) is 28.8 Å². The summed E-state index contributed by atoms with van der Waals surface area (Å²) in [5, 5.41) is 0. The fourth-order valence-electron chi connectivity index (χ4n) is 2.25. The Morgan fingerprint density at radius 3 is 2.63 bits per heavy atom. The van der Waals surface area contributed by atoms with Crippen molar-refractivity contribution in [3.8, 4) is 0 Å². The van der Waals surface area contributed by atoms with Gasteiger partial charge in [0.2, 0.25) is 0 Å². The van der Waals surface area contributed by atoms with Crippen LogP contribution in [0, 0.1) is 0 Å². The highest BCUT2D eigenvalue weighted by atomic mass is 32.2. The molecule has 0 atom stereocenters. The standard InChI is InChI=1S/C13H14O5S/c1-3-8-4-9-5-10(14)7-19(16,17)12(9)6-11(8)13(15)18-2/h4,6H,3,5,7H2,1-2H3. The molecule has 102 valence electrons. The van der Waals surface area contributed by atoms with E-state index in [1.54, 1.807) is 6.07 Å². The summed E-state index contributed by atoms with van der Waals surface area (Å²) < 4.78 is 28.6. The smallest absolute Gasteiger partial charge is 0.338 e. The molecule has 0 spiro atoms. The zero-order chi connectivity index (χ0) is 14.2. The molecule has 0 amide bonds. The van der Waals surface area contributed by atoms with Gasteiger partial charge in [0.15, 0.2) is 15.6 Å². The summed E-state index contributed by atoms with van der Waals surface area (Å²) in [6.45, 7) is 1.85. The quantitative estimate of drug-likeness (QED) is 0.754. The predicted octanol–water partition coefficient (Wildman–Crippen LogP) is 0.934. The van der Waals surface area contributed by atoms with Crippen LogP contribution in [0.1, 0.15) is 28.4 Å². The van der Waals surface area contributed by atoms with Crippen molar-refractivity contribution >= 4 is 21.6 Å². The van der Waals surface area contributed by atoms with E-state index >= 15 is 0 Å². The molecule has 0 unspecified atom stereocenters. The zero-order valence-electron chi connectivity index (χ0n) is 10.7. The number of esters is 1. The second-order valence-corrected chi connectivity index (χ2v) is 6.39. The first-order chi connectivity index (χ1) is 8.89. The molecule has 1 aliphatic rings. The third kappa shape index (κ3) is 2.40. The lowest BCUT2D eigenvalue weighted by Crippen LogP contribution is -2.26. The van der Waals surface area contributed by atoms with Crippen molar-refractivity contribution in [2.45, 2.75) is 24.7 Å². The Hall–Kier alpha value is -1.69. The maximum absolute atomic E-state index is 12.0. The van der Waals surface area contributed by atoms with Crippen LogP contribution in [0.2, 0.25) is 0 Å². The number of benzene rings is 1. The molecule has 19 heavy (non-hydrogen) atoms. The number of hydrogen-bond donors (Lipinski definition) is 0. The zero-order valence-corrected chi connectivity index (χ0v) is 11.5. The molecule has 5 nitrogen and oxygen atoms in total. The number of rotatable bonds is 2. The van der Waals surface area contributed by atoms with Crippen LogP contribution in [0.25, 0.3) is 0 Å². The number of methoxy groups -OCH3 is 1. The summed E-state index contributed by atoms with van der Waals surface area (Å²) >= 11 is 0. The molecule has 1 aromatic carbocycles.